The predicted molar refractivity (Wildman–Crippen MR) is 108 cm³/mol. The molecule has 7 nitrogen and oxygen atoms in total. The lowest BCUT2D eigenvalue weighted by Gasteiger charge is -2.28. The van der Waals surface area contributed by atoms with Crippen LogP contribution in [-0.2, 0) is 11.3 Å². The van der Waals surface area contributed by atoms with E-state index in [0.717, 1.165) is 11.3 Å². The van der Waals surface area contributed by atoms with Gasteiger partial charge >= 0.3 is 0 Å². The molecule has 1 aliphatic heterocycles. The number of benzene rings is 2. The molecule has 1 aromatic heterocycles. The number of anilines is 1. The summed E-state index contributed by atoms with van der Waals surface area (Å²) in [6.07, 6.45) is 0. The van der Waals surface area contributed by atoms with E-state index < -0.39 is 0 Å². The zero-order valence-corrected chi connectivity index (χ0v) is 16.8. The maximum absolute atomic E-state index is 12.3. The van der Waals surface area contributed by atoms with Crippen LogP contribution >= 0.6 is 11.6 Å². The van der Waals surface area contributed by atoms with Gasteiger partial charge in [0, 0.05) is 16.7 Å². The van der Waals surface area contributed by atoms with Crippen molar-refractivity contribution in [3.05, 3.63) is 53.4 Å². The van der Waals surface area contributed by atoms with Gasteiger partial charge in [0.25, 0.3) is 5.91 Å². The van der Waals surface area contributed by atoms with Gasteiger partial charge in [0.15, 0.2) is 6.61 Å². The molecule has 0 aliphatic carbocycles. The molecule has 0 atom stereocenters. The van der Waals surface area contributed by atoms with E-state index in [9.17, 15) is 4.79 Å². The molecule has 3 aromatic rings. The fourth-order valence-corrected chi connectivity index (χ4v) is 3.05. The van der Waals surface area contributed by atoms with Gasteiger partial charge in [0.05, 0.1) is 12.3 Å². The van der Waals surface area contributed by atoms with E-state index in [1.54, 1.807) is 23.1 Å². The minimum atomic E-state index is -0.189. The number of halogens is 1. The Kier molecular flexibility index (Phi) is 5.40. The highest BCUT2D eigenvalue weighted by molar-refractivity contribution is 6.30. The number of carbonyl (C=O) groups excluding carboxylic acids is 1. The molecule has 0 saturated heterocycles. The van der Waals surface area contributed by atoms with Crippen LogP contribution < -0.4 is 14.4 Å². The molecule has 4 rings (SSSR count). The van der Waals surface area contributed by atoms with Crippen molar-refractivity contribution >= 4 is 23.2 Å². The highest BCUT2D eigenvalue weighted by Crippen LogP contribution is 2.35. The van der Waals surface area contributed by atoms with Crippen LogP contribution in [0.2, 0.25) is 5.02 Å². The van der Waals surface area contributed by atoms with E-state index in [2.05, 4.69) is 24.0 Å². The van der Waals surface area contributed by atoms with E-state index in [1.807, 2.05) is 24.3 Å². The molecule has 1 aliphatic rings. The quantitative estimate of drug-likeness (QED) is 0.597. The van der Waals surface area contributed by atoms with Gasteiger partial charge in [0.1, 0.15) is 18.0 Å². The molecule has 0 spiro atoms. The second-order valence-electron chi connectivity index (χ2n) is 7.12. The molecule has 0 saturated carbocycles. The largest absolute Gasteiger partial charge is 0.493 e. The summed E-state index contributed by atoms with van der Waals surface area (Å²) < 4.78 is 16.5. The third-order valence-corrected chi connectivity index (χ3v) is 4.56. The van der Waals surface area contributed by atoms with Crippen molar-refractivity contribution in [2.75, 3.05) is 18.1 Å². The third kappa shape index (κ3) is 4.35. The average Bonchev–Trinajstić information content (AvgIpc) is 3.17. The van der Waals surface area contributed by atoms with Crippen LogP contribution in [0, 0.1) is 5.92 Å². The summed E-state index contributed by atoms with van der Waals surface area (Å²) in [5.41, 5.74) is 1.43. The van der Waals surface area contributed by atoms with Crippen LogP contribution in [0.25, 0.3) is 11.4 Å². The molecule has 2 aromatic carbocycles. The first-order valence-corrected chi connectivity index (χ1v) is 9.66. The summed E-state index contributed by atoms with van der Waals surface area (Å²) in [7, 11) is 0. The van der Waals surface area contributed by atoms with Gasteiger partial charge in [-0.25, -0.2) is 0 Å². The topological polar surface area (TPSA) is 77.7 Å². The normalized spacial score (nSPS) is 13.4. The first-order chi connectivity index (χ1) is 14.0. The molecular formula is C21H20ClN3O4. The van der Waals surface area contributed by atoms with Crippen molar-refractivity contribution in [2.24, 2.45) is 5.92 Å². The highest BCUT2D eigenvalue weighted by Gasteiger charge is 2.27. The van der Waals surface area contributed by atoms with Crippen LogP contribution in [-0.4, -0.2) is 29.3 Å². The molecule has 0 unspecified atom stereocenters. The van der Waals surface area contributed by atoms with Gasteiger partial charge < -0.3 is 14.0 Å². The van der Waals surface area contributed by atoms with E-state index in [1.165, 1.54) is 0 Å². The van der Waals surface area contributed by atoms with Crippen molar-refractivity contribution in [2.45, 2.75) is 20.4 Å². The van der Waals surface area contributed by atoms with Crippen molar-refractivity contribution in [3.8, 4) is 22.9 Å². The Morgan fingerprint density at radius 3 is 2.76 bits per heavy atom. The van der Waals surface area contributed by atoms with Crippen LogP contribution in [0.5, 0.6) is 11.5 Å². The van der Waals surface area contributed by atoms with E-state index >= 15 is 0 Å². The minimum Gasteiger partial charge on any atom is -0.493 e. The molecule has 8 heteroatoms. The molecule has 1 amide bonds. The van der Waals surface area contributed by atoms with Gasteiger partial charge in [-0.15, -0.1) is 0 Å². The van der Waals surface area contributed by atoms with Gasteiger partial charge in [-0.05, 0) is 42.3 Å². The van der Waals surface area contributed by atoms with Crippen LogP contribution in [0.3, 0.4) is 0 Å². The molecule has 0 radical (unpaired) electrons. The number of nitrogens with zero attached hydrogens (tertiary/aromatic N) is 3. The Bertz CT molecular complexity index is 1020. The Morgan fingerprint density at radius 1 is 1.21 bits per heavy atom. The Morgan fingerprint density at radius 2 is 2.00 bits per heavy atom. The van der Waals surface area contributed by atoms with Gasteiger partial charge in [0.2, 0.25) is 11.7 Å². The van der Waals surface area contributed by atoms with Crippen molar-refractivity contribution in [1.82, 2.24) is 10.1 Å². The van der Waals surface area contributed by atoms with Gasteiger partial charge in [-0.2, -0.15) is 4.98 Å². The zero-order chi connectivity index (χ0) is 20.4. The average molecular weight is 414 g/mol. The molecule has 0 bridgehead atoms. The van der Waals surface area contributed by atoms with E-state index in [4.69, 9.17) is 25.6 Å². The van der Waals surface area contributed by atoms with Crippen LogP contribution in [0.15, 0.2) is 47.0 Å². The number of rotatable bonds is 6. The molecule has 29 heavy (non-hydrogen) atoms. The molecular weight excluding hydrogens is 394 g/mol. The summed E-state index contributed by atoms with van der Waals surface area (Å²) in [6.45, 7) is 4.94. The first kappa shape index (κ1) is 19.3. The number of carbonyl (C=O) groups is 1. The Hall–Kier alpha value is -3.06. The van der Waals surface area contributed by atoms with Crippen molar-refractivity contribution < 1.29 is 18.8 Å². The summed E-state index contributed by atoms with van der Waals surface area (Å²) in [5, 5.41) is 4.57. The Balaban J connectivity index is 1.49. The number of hydrogen-bond acceptors (Lipinski definition) is 6. The molecule has 150 valence electrons. The zero-order valence-electron chi connectivity index (χ0n) is 16.1. The lowest BCUT2D eigenvalue weighted by atomic mass is 10.2. The van der Waals surface area contributed by atoms with Crippen molar-refractivity contribution in [3.63, 3.8) is 0 Å². The molecule has 0 N–H and O–H groups in total. The molecule has 0 fully saturated rings. The van der Waals surface area contributed by atoms with Gasteiger partial charge in [-0.3, -0.25) is 9.69 Å². The number of amides is 1. The third-order valence-electron chi connectivity index (χ3n) is 4.32. The predicted octanol–water partition coefficient (Wildman–Crippen LogP) is 4.35. The van der Waals surface area contributed by atoms with Crippen molar-refractivity contribution in [1.29, 1.82) is 0 Å². The highest BCUT2D eigenvalue weighted by atomic mass is 35.5. The second kappa shape index (κ2) is 8.13. The number of hydrogen-bond donors (Lipinski definition) is 0. The lowest BCUT2D eigenvalue weighted by Crippen LogP contribution is -2.38. The standard InChI is InChI=1S/C21H20ClN3O4/c1-13(2)11-27-16-6-3-14(4-7-16)21-23-19(29-24-21)10-25-17-8-5-15(22)9-18(17)28-12-20(25)26/h3-9,13H,10-12H2,1-2H3. The smallest absolute Gasteiger partial charge is 0.265 e. The minimum absolute atomic E-state index is 0.0633. The Labute approximate surface area is 173 Å². The summed E-state index contributed by atoms with van der Waals surface area (Å²) >= 11 is 6.01. The van der Waals surface area contributed by atoms with E-state index in [0.29, 0.717) is 40.7 Å². The van der Waals surface area contributed by atoms with E-state index in [-0.39, 0.29) is 19.1 Å². The van der Waals surface area contributed by atoms with Crippen LogP contribution in [0.1, 0.15) is 19.7 Å². The van der Waals surface area contributed by atoms with Gasteiger partial charge in [-0.1, -0.05) is 30.6 Å². The lowest BCUT2D eigenvalue weighted by molar-refractivity contribution is -0.121. The number of aromatic nitrogens is 2. The monoisotopic (exact) mass is 413 g/mol. The summed E-state index contributed by atoms with van der Waals surface area (Å²) in [4.78, 5) is 18.3. The summed E-state index contributed by atoms with van der Waals surface area (Å²) in [6, 6.07) is 12.6. The maximum atomic E-state index is 12.3. The number of ether oxygens (including phenoxy) is 2. The second-order valence-corrected chi connectivity index (χ2v) is 7.56. The summed E-state index contributed by atoms with van der Waals surface area (Å²) in [5.74, 6) is 2.39. The maximum Gasteiger partial charge on any atom is 0.265 e. The van der Waals surface area contributed by atoms with Crippen LogP contribution in [0.4, 0.5) is 5.69 Å². The first-order valence-electron chi connectivity index (χ1n) is 9.28. The fraction of sp³-hybridized carbons (Fsp3) is 0.286. The molecule has 2 heterocycles. The number of fused-ring (bicyclic) bond motifs is 1. The fourth-order valence-electron chi connectivity index (χ4n) is 2.89. The SMILES string of the molecule is CC(C)COc1ccc(-c2noc(CN3C(=O)COc4cc(Cl)ccc43)n2)cc1.